The molecule has 0 aliphatic heterocycles. The quantitative estimate of drug-likeness (QED) is 0.618. The van der Waals surface area contributed by atoms with E-state index in [4.69, 9.17) is 19.3 Å². The van der Waals surface area contributed by atoms with Crippen LogP contribution in [0.5, 0.6) is 0 Å². The summed E-state index contributed by atoms with van der Waals surface area (Å²) in [6.45, 7) is 7.31. The van der Waals surface area contributed by atoms with Gasteiger partial charge in [0.05, 0.1) is 33.0 Å². The molecule has 0 heterocycles. The van der Waals surface area contributed by atoms with E-state index < -0.39 is 20.7 Å². The van der Waals surface area contributed by atoms with Crippen LogP contribution in [0.1, 0.15) is 20.8 Å². The third-order valence-electron chi connectivity index (χ3n) is 2.44. The molecule has 0 aromatic carbocycles. The van der Waals surface area contributed by atoms with Crippen LogP contribution in [0, 0.1) is 5.41 Å². The molecule has 0 aromatic heterocycles. The van der Waals surface area contributed by atoms with E-state index in [1.807, 2.05) is 20.8 Å². The molecule has 0 radical (unpaired) electrons. The van der Waals surface area contributed by atoms with Crippen molar-refractivity contribution in [2.24, 2.45) is 10.6 Å². The Morgan fingerprint density at radius 1 is 1.06 bits per heavy atom. The largest absolute Gasteiger partial charge is 0.382 e. The zero-order valence-corrected chi connectivity index (χ0v) is 12.5. The standard InChI is InChI=1S/C11H25NO5S/c1-11(2,3)10(18(12,13)14)9-17-8-7-16-6-5-15-4/h10H,5-9H2,1-4H3,(H2,12,13,14). The third-order valence-corrected chi connectivity index (χ3v) is 4.07. The second-order valence-electron chi connectivity index (χ2n) is 5.12. The SMILES string of the molecule is COCCOCCOCC(C(C)(C)C)S(N)(=O)=O. The minimum Gasteiger partial charge on any atom is -0.382 e. The summed E-state index contributed by atoms with van der Waals surface area (Å²) in [4.78, 5) is 0. The van der Waals surface area contributed by atoms with E-state index in [2.05, 4.69) is 0 Å². The van der Waals surface area contributed by atoms with Crippen LogP contribution >= 0.6 is 0 Å². The number of hydrogen-bond acceptors (Lipinski definition) is 5. The number of primary sulfonamides is 1. The maximum Gasteiger partial charge on any atom is 0.214 e. The molecular formula is C11H25NO5S. The Morgan fingerprint density at radius 3 is 2.00 bits per heavy atom. The molecule has 0 rings (SSSR count). The zero-order chi connectivity index (χ0) is 14.2. The highest BCUT2D eigenvalue weighted by atomic mass is 32.2. The summed E-state index contributed by atoms with van der Waals surface area (Å²) in [6.07, 6.45) is 0. The first-order valence-corrected chi connectivity index (χ1v) is 7.46. The van der Waals surface area contributed by atoms with E-state index in [-0.39, 0.29) is 6.61 Å². The molecule has 18 heavy (non-hydrogen) atoms. The second-order valence-corrected chi connectivity index (χ2v) is 6.87. The molecule has 6 nitrogen and oxygen atoms in total. The molecule has 0 bridgehead atoms. The van der Waals surface area contributed by atoms with Gasteiger partial charge in [0.15, 0.2) is 0 Å². The second kappa shape index (κ2) is 8.06. The van der Waals surface area contributed by atoms with Crippen LogP contribution < -0.4 is 5.14 Å². The van der Waals surface area contributed by atoms with Gasteiger partial charge in [-0.1, -0.05) is 20.8 Å². The summed E-state index contributed by atoms with van der Waals surface area (Å²) in [5.74, 6) is 0. The molecule has 110 valence electrons. The van der Waals surface area contributed by atoms with E-state index in [1.54, 1.807) is 7.11 Å². The van der Waals surface area contributed by atoms with Gasteiger partial charge in [-0.05, 0) is 5.41 Å². The van der Waals surface area contributed by atoms with Gasteiger partial charge in [0.25, 0.3) is 0 Å². The highest BCUT2D eigenvalue weighted by Crippen LogP contribution is 2.24. The third kappa shape index (κ3) is 7.99. The van der Waals surface area contributed by atoms with E-state index in [9.17, 15) is 8.42 Å². The van der Waals surface area contributed by atoms with Gasteiger partial charge in [-0.3, -0.25) is 0 Å². The van der Waals surface area contributed by atoms with Gasteiger partial charge in [0.2, 0.25) is 10.0 Å². The fraction of sp³-hybridized carbons (Fsp3) is 1.00. The Kier molecular flexibility index (Phi) is 7.97. The van der Waals surface area contributed by atoms with E-state index in [1.165, 1.54) is 0 Å². The first-order chi connectivity index (χ1) is 8.19. The molecular weight excluding hydrogens is 258 g/mol. The first-order valence-electron chi connectivity index (χ1n) is 5.85. The van der Waals surface area contributed by atoms with Crippen molar-refractivity contribution < 1.29 is 22.6 Å². The Hall–Kier alpha value is -0.210. The van der Waals surface area contributed by atoms with Crippen LogP contribution in [0.3, 0.4) is 0 Å². The van der Waals surface area contributed by atoms with E-state index in [0.29, 0.717) is 26.4 Å². The van der Waals surface area contributed by atoms with Crippen LogP contribution in [-0.2, 0) is 24.2 Å². The van der Waals surface area contributed by atoms with Crippen molar-refractivity contribution in [3.8, 4) is 0 Å². The lowest BCUT2D eigenvalue weighted by Gasteiger charge is -2.28. The highest BCUT2D eigenvalue weighted by molar-refractivity contribution is 7.89. The fourth-order valence-corrected chi connectivity index (χ4v) is 2.66. The van der Waals surface area contributed by atoms with Crippen molar-refractivity contribution in [2.45, 2.75) is 26.0 Å². The van der Waals surface area contributed by atoms with Crippen LogP contribution in [-0.4, -0.2) is 53.8 Å². The van der Waals surface area contributed by atoms with Gasteiger partial charge >= 0.3 is 0 Å². The van der Waals surface area contributed by atoms with Crippen molar-refractivity contribution >= 4 is 10.0 Å². The average molecular weight is 283 g/mol. The predicted octanol–water partition coefficient (Wildman–Crippen LogP) is 0.369. The van der Waals surface area contributed by atoms with Gasteiger partial charge in [-0.15, -0.1) is 0 Å². The van der Waals surface area contributed by atoms with Crippen molar-refractivity contribution in [3.05, 3.63) is 0 Å². The van der Waals surface area contributed by atoms with Gasteiger partial charge < -0.3 is 14.2 Å². The highest BCUT2D eigenvalue weighted by Gasteiger charge is 2.34. The molecule has 7 heteroatoms. The summed E-state index contributed by atoms with van der Waals surface area (Å²) < 4.78 is 38.2. The van der Waals surface area contributed by atoms with Crippen LogP contribution in [0.15, 0.2) is 0 Å². The smallest absolute Gasteiger partial charge is 0.214 e. The normalized spacial score (nSPS) is 14.7. The predicted molar refractivity (Wildman–Crippen MR) is 69.9 cm³/mol. The minimum absolute atomic E-state index is 0.0793. The number of ether oxygens (including phenoxy) is 3. The van der Waals surface area contributed by atoms with Crippen molar-refractivity contribution in [3.63, 3.8) is 0 Å². The van der Waals surface area contributed by atoms with Gasteiger partial charge in [-0.25, -0.2) is 13.6 Å². The summed E-state index contributed by atoms with van der Waals surface area (Å²) >= 11 is 0. The number of hydrogen-bond donors (Lipinski definition) is 1. The zero-order valence-electron chi connectivity index (χ0n) is 11.6. The van der Waals surface area contributed by atoms with Crippen molar-refractivity contribution in [2.75, 3.05) is 40.1 Å². The van der Waals surface area contributed by atoms with Crippen LogP contribution in [0.4, 0.5) is 0 Å². The molecule has 2 N–H and O–H groups in total. The van der Waals surface area contributed by atoms with E-state index >= 15 is 0 Å². The maximum absolute atomic E-state index is 11.4. The maximum atomic E-state index is 11.4. The fourth-order valence-electron chi connectivity index (χ4n) is 1.39. The monoisotopic (exact) mass is 283 g/mol. The Bertz CT molecular complexity index is 310. The van der Waals surface area contributed by atoms with Crippen LogP contribution in [0.25, 0.3) is 0 Å². The Morgan fingerprint density at radius 2 is 1.56 bits per heavy atom. The number of rotatable bonds is 9. The molecule has 0 saturated carbocycles. The van der Waals surface area contributed by atoms with Gasteiger partial charge in [0, 0.05) is 7.11 Å². The molecule has 0 saturated heterocycles. The van der Waals surface area contributed by atoms with Crippen LogP contribution in [0.2, 0.25) is 0 Å². The molecule has 0 amide bonds. The first kappa shape index (κ1) is 17.8. The summed E-state index contributed by atoms with van der Waals surface area (Å²) in [6, 6.07) is 0. The van der Waals surface area contributed by atoms with Gasteiger partial charge in [0.1, 0.15) is 5.25 Å². The lowest BCUT2D eigenvalue weighted by molar-refractivity contribution is 0.0202. The molecule has 0 aliphatic carbocycles. The average Bonchev–Trinajstić information content (AvgIpc) is 2.18. The number of nitrogens with two attached hydrogens (primary N) is 1. The van der Waals surface area contributed by atoms with Gasteiger partial charge in [-0.2, -0.15) is 0 Å². The van der Waals surface area contributed by atoms with Crippen molar-refractivity contribution in [1.82, 2.24) is 0 Å². The lowest BCUT2D eigenvalue weighted by Crippen LogP contribution is -2.42. The Balaban J connectivity index is 3.94. The summed E-state index contributed by atoms with van der Waals surface area (Å²) in [5, 5.41) is 4.47. The topological polar surface area (TPSA) is 87.8 Å². The molecule has 0 aliphatic rings. The molecule has 0 aromatic rings. The molecule has 1 unspecified atom stereocenters. The lowest BCUT2D eigenvalue weighted by atomic mass is 9.92. The summed E-state index contributed by atoms with van der Waals surface area (Å²) in [5.41, 5.74) is -0.454. The molecule has 0 spiro atoms. The van der Waals surface area contributed by atoms with Crippen molar-refractivity contribution in [1.29, 1.82) is 0 Å². The molecule has 0 fully saturated rings. The number of methoxy groups -OCH3 is 1. The Labute approximate surface area is 110 Å². The minimum atomic E-state index is -3.61. The number of sulfonamides is 1. The summed E-state index contributed by atoms with van der Waals surface area (Å²) in [7, 11) is -2.01. The van der Waals surface area contributed by atoms with E-state index in [0.717, 1.165) is 0 Å². The molecule has 1 atom stereocenters.